The van der Waals surface area contributed by atoms with Gasteiger partial charge in [0.05, 0.1) is 52.1 Å². The number of nitrogens with one attached hydrogen (secondary N) is 3. The van der Waals surface area contributed by atoms with Gasteiger partial charge in [0, 0.05) is 11.3 Å². The Balaban J connectivity index is 1.22. The predicted octanol–water partition coefficient (Wildman–Crippen LogP) is 0.608. The number of quaternary nitrogens is 2. The summed E-state index contributed by atoms with van der Waals surface area (Å²) in [5, 5.41) is 3.08. The summed E-state index contributed by atoms with van der Waals surface area (Å²) < 4.78 is 5.49. The summed E-state index contributed by atoms with van der Waals surface area (Å²) in [6, 6.07) is 16.6. The zero-order valence-corrected chi connectivity index (χ0v) is 18.7. The molecule has 2 aromatic carbocycles. The molecular formula is C25H36N4O2+2. The number of piperidine rings is 1. The SMILES string of the molecule is COc1ccccc1N1CC[NH+](CC(=O)Nc2ccc(C[NH+]3CCCCC3)cc2)CC1. The lowest BCUT2D eigenvalue weighted by Crippen LogP contribution is -3.15. The molecule has 6 nitrogen and oxygen atoms in total. The van der Waals surface area contributed by atoms with Crippen molar-refractivity contribution in [1.29, 1.82) is 0 Å². The van der Waals surface area contributed by atoms with Crippen LogP contribution < -0.4 is 24.8 Å². The molecule has 0 spiro atoms. The van der Waals surface area contributed by atoms with Crippen LogP contribution in [0.4, 0.5) is 11.4 Å². The molecule has 3 N–H and O–H groups in total. The van der Waals surface area contributed by atoms with Crippen LogP contribution in [-0.2, 0) is 11.3 Å². The molecule has 0 bridgehead atoms. The first kappa shape index (κ1) is 21.7. The van der Waals surface area contributed by atoms with Crippen LogP contribution in [-0.4, -0.2) is 58.8 Å². The number of carbonyl (C=O) groups excluding carboxylic acids is 1. The van der Waals surface area contributed by atoms with Gasteiger partial charge in [-0.3, -0.25) is 4.79 Å². The number of anilines is 2. The van der Waals surface area contributed by atoms with E-state index in [4.69, 9.17) is 4.74 Å². The topological polar surface area (TPSA) is 50.5 Å². The van der Waals surface area contributed by atoms with Crippen LogP contribution in [0.2, 0.25) is 0 Å². The average molecular weight is 425 g/mol. The highest BCUT2D eigenvalue weighted by Crippen LogP contribution is 2.27. The van der Waals surface area contributed by atoms with E-state index < -0.39 is 0 Å². The second-order valence-corrected chi connectivity index (χ2v) is 8.82. The number of methoxy groups -OCH3 is 1. The normalized spacial score (nSPS) is 18.0. The predicted molar refractivity (Wildman–Crippen MR) is 124 cm³/mol. The van der Waals surface area contributed by atoms with Crippen LogP contribution in [0.5, 0.6) is 5.75 Å². The first-order valence-corrected chi connectivity index (χ1v) is 11.6. The van der Waals surface area contributed by atoms with Gasteiger partial charge >= 0.3 is 0 Å². The maximum atomic E-state index is 12.6. The van der Waals surface area contributed by atoms with Gasteiger partial charge < -0.3 is 24.8 Å². The first-order chi connectivity index (χ1) is 15.2. The molecule has 2 heterocycles. The van der Waals surface area contributed by atoms with Gasteiger partial charge in [0.2, 0.25) is 0 Å². The van der Waals surface area contributed by atoms with Gasteiger partial charge in [-0.25, -0.2) is 0 Å². The largest absolute Gasteiger partial charge is 0.495 e. The molecular weight excluding hydrogens is 388 g/mol. The van der Waals surface area contributed by atoms with E-state index in [1.54, 1.807) is 12.0 Å². The van der Waals surface area contributed by atoms with E-state index >= 15 is 0 Å². The second-order valence-electron chi connectivity index (χ2n) is 8.82. The zero-order valence-electron chi connectivity index (χ0n) is 18.7. The molecule has 4 rings (SSSR count). The monoisotopic (exact) mass is 424 g/mol. The van der Waals surface area contributed by atoms with Gasteiger partial charge in [-0.15, -0.1) is 0 Å². The molecule has 2 saturated heterocycles. The minimum Gasteiger partial charge on any atom is -0.495 e. The first-order valence-electron chi connectivity index (χ1n) is 11.6. The third-order valence-electron chi connectivity index (χ3n) is 6.56. The lowest BCUT2D eigenvalue weighted by Gasteiger charge is -2.34. The second kappa shape index (κ2) is 10.6. The number of para-hydroxylation sites is 2. The van der Waals surface area contributed by atoms with E-state index in [9.17, 15) is 4.79 Å². The molecule has 2 aliphatic heterocycles. The lowest BCUT2D eigenvalue weighted by molar-refractivity contribution is -0.918. The number of amides is 1. The Labute approximate surface area is 185 Å². The van der Waals surface area contributed by atoms with Crippen LogP contribution >= 0.6 is 0 Å². The Morgan fingerprint density at radius 2 is 1.65 bits per heavy atom. The summed E-state index contributed by atoms with van der Waals surface area (Å²) in [7, 11) is 1.71. The Morgan fingerprint density at radius 3 is 2.35 bits per heavy atom. The van der Waals surface area contributed by atoms with Gasteiger partial charge in [-0.05, 0) is 43.5 Å². The zero-order chi connectivity index (χ0) is 21.5. The summed E-state index contributed by atoms with van der Waals surface area (Å²) in [6.45, 7) is 7.92. The molecule has 1 amide bonds. The molecule has 6 heteroatoms. The fourth-order valence-corrected chi connectivity index (χ4v) is 4.79. The molecule has 2 aromatic rings. The van der Waals surface area contributed by atoms with Crippen molar-refractivity contribution < 1.29 is 19.3 Å². The van der Waals surface area contributed by atoms with E-state index in [1.807, 2.05) is 30.3 Å². The molecule has 0 radical (unpaired) electrons. The molecule has 2 fully saturated rings. The van der Waals surface area contributed by atoms with E-state index in [-0.39, 0.29) is 5.91 Å². The number of piperazine rings is 1. The Hall–Kier alpha value is -2.57. The van der Waals surface area contributed by atoms with Crippen LogP contribution in [0.1, 0.15) is 24.8 Å². The summed E-state index contributed by atoms with van der Waals surface area (Å²) in [5.74, 6) is 1.00. The Morgan fingerprint density at radius 1 is 0.935 bits per heavy atom. The van der Waals surface area contributed by atoms with Gasteiger partial charge in [0.1, 0.15) is 12.3 Å². The maximum Gasteiger partial charge on any atom is 0.279 e. The van der Waals surface area contributed by atoms with Gasteiger partial charge in [0.15, 0.2) is 6.54 Å². The summed E-state index contributed by atoms with van der Waals surface area (Å²) >= 11 is 0. The molecule has 166 valence electrons. The lowest BCUT2D eigenvalue weighted by atomic mass is 10.1. The number of nitrogens with zero attached hydrogens (tertiary/aromatic N) is 1. The summed E-state index contributed by atoms with van der Waals surface area (Å²) in [4.78, 5) is 17.9. The third kappa shape index (κ3) is 5.99. The maximum absolute atomic E-state index is 12.6. The number of benzene rings is 2. The van der Waals surface area contributed by atoms with Crippen molar-refractivity contribution in [2.24, 2.45) is 0 Å². The molecule has 0 saturated carbocycles. The van der Waals surface area contributed by atoms with E-state index in [0.29, 0.717) is 6.54 Å². The average Bonchev–Trinajstić information content (AvgIpc) is 2.81. The highest BCUT2D eigenvalue weighted by Gasteiger charge is 2.24. The summed E-state index contributed by atoms with van der Waals surface area (Å²) in [6.07, 6.45) is 4.07. The van der Waals surface area contributed by atoms with Crippen molar-refractivity contribution in [3.8, 4) is 5.75 Å². The number of hydrogen-bond acceptors (Lipinski definition) is 3. The number of rotatable bonds is 7. The molecule has 0 aromatic heterocycles. The van der Waals surface area contributed by atoms with E-state index in [0.717, 1.165) is 49.8 Å². The molecule has 31 heavy (non-hydrogen) atoms. The van der Waals surface area contributed by atoms with Crippen LogP contribution in [0.3, 0.4) is 0 Å². The fraction of sp³-hybridized carbons (Fsp3) is 0.480. The molecule has 0 atom stereocenters. The minimum atomic E-state index is 0.0927. The standard InChI is InChI=1S/C25H34N4O2/c1-31-24-8-4-3-7-23(24)29-17-15-28(16-18-29)20-25(30)26-22-11-9-21(10-12-22)19-27-13-5-2-6-14-27/h3-4,7-12H,2,5-6,13-20H2,1H3,(H,26,30)/p+2. The van der Waals surface area contributed by atoms with Crippen molar-refractivity contribution >= 4 is 17.3 Å². The van der Waals surface area contributed by atoms with Crippen LogP contribution in [0, 0.1) is 0 Å². The quantitative estimate of drug-likeness (QED) is 0.611. The minimum absolute atomic E-state index is 0.0927. The van der Waals surface area contributed by atoms with Crippen molar-refractivity contribution in [2.45, 2.75) is 25.8 Å². The third-order valence-corrected chi connectivity index (χ3v) is 6.56. The van der Waals surface area contributed by atoms with E-state index in [2.05, 4.69) is 28.4 Å². The van der Waals surface area contributed by atoms with Crippen molar-refractivity contribution in [1.82, 2.24) is 0 Å². The number of carbonyl (C=O) groups is 1. The van der Waals surface area contributed by atoms with Gasteiger partial charge in [0.25, 0.3) is 5.91 Å². The van der Waals surface area contributed by atoms with Crippen molar-refractivity contribution in [2.75, 3.05) is 63.1 Å². The number of ether oxygens (including phenoxy) is 1. The van der Waals surface area contributed by atoms with Crippen LogP contribution in [0.25, 0.3) is 0 Å². The molecule has 0 aliphatic carbocycles. The Bertz CT molecular complexity index is 841. The van der Waals surface area contributed by atoms with E-state index in [1.165, 1.54) is 42.8 Å². The Kier molecular flexibility index (Phi) is 7.43. The van der Waals surface area contributed by atoms with Crippen LogP contribution in [0.15, 0.2) is 48.5 Å². The molecule has 0 unspecified atom stereocenters. The van der Waals surface area contributed by atoms with Gasteiger partial charge in [-0.2, -0.15) is 0 Å². The molecule has 2 aliphatic rings. The smallest absolute Gasteiger partial charge is 0.279 e. The fourth-order valence-electron chi connectivity index (χ4n) is 4.79. The number of hydrogen-bond donors (Lipinski definition) is 3. The highest BCUT2D eigenvalue weighted by molar-refractivity contribution is 5.91. The van der Waals surface area contributed by atoms with Gasteiger partial charge in [-0.1, -0.05) is 24.3 Å². The van der Waals surface area contributed by atoms with Crippen molar-refractivity contribution in [3.05, 3.63) is 54.1 Å². The summed E-state index contributed by atoms with van der Waals surface area (Å²) in [5.41, 5.74) is 3.39. The number of likely N-dealkylation sites (tertiary alicyclic amines) is 1. The van der Waals surface area contributed by atoms with Crippen molar-refractivity contribution in [3.63, 3.8) is 0 Å². The highest BCUT2D eigenvalue weighted by atomic mass is 16.5.